The van der Waals surface area contributed by atoms with Crippen LogP contribution in [-0.2, 0) is 9.53 Å². The van der Waals surface area contributed by atoms with E-state index < -0.39 is 0 Å². The van der Waals surface area contributed by atoms with Gasteiger partial charge in [0.25, 0.3) is 0 Å². The zero-order chi connectivity index (χ0) is 11.1. The number of ether oxygens (including phenoxy) is 1. The summed E-state index contributed by atoms with van der Waals surface area (Å²) in [6, 6.07) is 0.388. The average Bonchev–Trinajstić information content (AvgIpc) is 2.63. The van der Waals surface area contributed by atoms with Crippen LogP contribution in [0.3, 0.4) is 0 Å². The lowest BCUT2D eigenvalue weighted by Crippen LogP contribution is -2.39. The van der Waals surface area contributed by atoms with Crippen LogP contribution >= 0.6 is 11.8 Å². The Balaban J connectivity index is 2.26. The molecular formula is C11H21NO2S. The number of amides is 1. The van der Waals surface area contributed by atoms with Crippen LogP contribution in [0.15, 0.2) is 0 Å². The molecule has 2 atom stereocenters. The predicted octanol–water partition coefficient (Wildman–Crippen LogP) is 1.81. The fourth-order valence-corrected chi connectivity index (χ4v) is 3.18. The summed E-state index contributed by atoms with van der Waals surface area (Å²) in [5, 5.41) is 3.74. The second-order valence-electron chi connectivity index (χ2n) is 3.84. The fraction of sp³-hybridized carbons (Fsp3) is 0.909. The molecule has 0 saturated heterocycles. The molecule has 2 unspecified atom stereocenters. The molecule has 1 saturated carbocycles. The van der Waals surface area contributed by atoms with Crippen LogP contribution in [0.5, 0.6) is 0 Å². The molecule has 1 fully saturated rings. The Morgan fingerprint density at radius 3 is 3.00 bits per heavy atom. The van der Waals surface area contributed by atoms with E-state index in [-0.39, 0.29) is 5.91 Å². The van der Waals surface area contributed by atoms with Gasteiger partial charge in [0.2, 0.25) is 5.91 Å². The van der Waals surface area contributed by atoms with E-state index in [0.717, 1.165) is 12.2 Å². The third kappa shape index (κ3) is 4.43. The number of hydrogen-bond donors (Lipinski definition) is 1. The van der Waals surface area contributed by atoms with E-state index in [1.54, 1.807) is 7.11 Å². The van der Waals surface area contributed by atoms with Crippen molar-refractivity contribution in [3.63, 3.8) is 0 Å². The van der Waals surface area contributed by atoms with E-state index in [1.165, 1.54) is 12.8 Å². The van der Waals surface area contributed by atoms with Gasteiger partial charge in [-0.15, -0.1) is 0 Å². The summed E-state index contributed by atoms with van der Waals surface area (Å²) in [5.74, 6) is 1.26. The molecule has 1 rings (SSSR count). The maximum absolute atomic E-state index is 11.5. The quantitative estimate of drug-likeness (QED) is 0.757. The van der Waals surface area contributed by atoms with Crippen molar-refractivity contribution >= 4 is 17.7 Å². The zero-order valence-corrected chi connectivity index (χ0v) is 10.4. The number of nitrogens with one attached hydrogen (secondary N) is 1. The van der Waals surface area contributed by atoms with Gasteiger partial charge in [-0.3, -0.25) is 4.79 Å². The molecule has 15 heavy (non-hydrogen) atoms. The molecule has 0 heterocycles. The van der Waals surface area contributed by atoms with Crippen LogP contribution in [0, 0.1) is 0 Å². The lowest BCUT2D eigenvalue weighted by atomic mass is 10.2. The van der Waals surface area contributed by atoms with Crippen LogP contribution in [0.2, 0.25) is 0 Å². The minimum absolute atomic E-state index is 0.130. The third-order valence-corrected chi connectivity index (χ3v) is 4.04. The van der Waals surface area contributed by atoms with Crippen molar-refractivity contribution in [3.8, 4) is 0 Å². The van der Waals surface area contributed by atoms with Gasteiger partial charge in [-0.2, -0.15) is 11.8 Å². The monoisotopic (exact) mass is 231 g/mol. The number of thioether (sulfide) groups is 1. The molecule has 88 valence electrons. The molecule has 1 aliphatic rings. The second-order valence-corrected chi connectivity index (χ2v) is 5.36. The first-order chi connectivity index (χ1) is 7.27. The number of hydrogen-bond acceptors (Lipinski definition) is 3. The summed E-state index contributed by atoms with van der Waals surface area (Å²) in [7, 11) is 1.62. The minimum atomic E-state index is 0.130. The smallest absolute Gasteiger partial charge is 0.222 e. The molecule has 4 heteroatoms. The Kier molecular flexibility index (Phi) is 6.10. The van der Waals surface area contributed by atoms with Crippen molar-refractivity contribution in [1.29, 1.82) is 0 Å². The molecule has 0 aromatic rings. The highest BCUT2D eigenvalue weighted by molar-refractivity contribution is 7.99. The van der Waals surface area contributed by atoms with Crippen LogP contribution in [0.1, 0.15) is 32.6 Å². The average molecular weight is 231 g/mol. The van der Waals surface area contributed by atoms with Gasteiger partial charge < -0.3 is 10.1 Å². The molecule has 1 aliphatic carbocycles. The molecule has 1 N–H and O–H groups in total. The topological polar surface area (TPSA) is 38.3 Å². The van der Waals surface area contributed by atoms with Gasteiger partial charge in [-0.1, -0.05) is 13.3 Å². The molecule has 0 aliphatic heterocycles. The third-order valence-electron chi connectivity index (χ3n) is 2.71. The molecule has 0 aromatic carbocycles. The first kappa shape index (κ1) is 12.8. The van der Waals surface area contributed by atoms with E-state index in [4.69, 9.17) is 4.74 Å². The van der Waals surface area contributed by atoms with Crippen molar-refractivity contribution < 1.29 is 9.53 Å². The summed E-state index contributed by atoms with van der Waals surface area (Å²) in [4.78, 5) is 11.5. The summed E-state index contributed by atoms with van der Waals surface area (Å²) >= 11 is 1.97. The van der Waals surface area contributed by atoms with Crippen molar-refractivity contribution in [2.75, 3.05) is 19.5 Å². The Hall–Kier alpha value is -0.220. The Morgan fingerprint density at radius 1 is 1.53 bits per heavy atom. The number of carbonyl (C=O) groups is 1. The van der Waals surface area contributed by atoms with Gasteiger partial charge in [-0.05, 0) is 18.6 Å². The highest BCUT2D eigenvalue weighted by Gasteiger charge is 2.27. The number of carbonyl (C=O) groups excluding carboxylic acids is 1. The highest BCUT2D eigenvalue weighted by Crippen LogP contribution is 2.29. The van der Waals surface area contributed by atoms with Crippen molar-refractivity contribution in [3.05, 3.63) is 0 Å². The Labute approximate surface area is 96.3 Å². The lowest BCUT2D eigenvalue weighted by molar-refractivity contribution is -0.122. The van der Waals surface area contributed by atoms with Gasteiger partial charge in [-0.25, -0.2) is 0 Å². The number of methoxy groups -OCH3 is 1. The maximum Gasteiger partial charge on any atom is 0.222 e. The van der Waals surface area contributed by atoms with Gasteiger partial charge in [0.05, 0.1) is 6.61 Å². The predicted molar refractivity (Wildman–Crippen MR) is 64.2 cm³/mol. The van der Waals surface area contributed by atoms with E-state index >= 15 is 0 Å². The molecule has 3 nitrogen and oxygen atoms in total. The summed E-state index contributed by atoms with van der Waals surface area (Å²) in [6.07, 6.45) is 4.10. The summed E-state index contributed by atoms with van der Waals surface area (Å²) < 4.78 is 4.89. The molecule has 0 radical (unpaired) electrons. The molecular weight excluding hydrogens is 210 g/mol. The maximum atomic E-state index is 11.5. The normalized spacial score (nSPS) is 25.5. The molecule has 0 aromatic heterocycles. The largest absolute Gasteiger partial charge is 0.384 e. The van der Waals surface area contributed by atoms with Crippen molar-refractivity contribution in [2.45, 2.75) is 43.9 Å². The van der Waals surface area contributed by atoms with Crippen LogP contribution < -0.4 is 5.32 Å². The fourth-order valence-electron chi connectivity index (χ4n) is 1.98. The van der Waals surface area contributed by atoms with Crippen LogP contribution in [0.4, 0.5) is 0 Å². The molecule has 0 bridgehead atoms. The van der Waals surface area contributed by atoms with Gasteiger partial charge >= 0.3 is 0 Å². The van der Waals surface area contributed by atoms with E-state index in [2.05, 4.69) is 12.2 Å². The van der Waals surface area contributed by atoms with Gasteiger partial charge in [0.1, 0.15) is 0 Å². The molecule has 0 spiro atoms. The minimum Gasteiger partial charge on any atom is -0.384 e. The highest BCUT2D eigenvalue weighted by atomic mass is 32.2. The first-order valence-electron chi connectivity index (χ1n) is 5.67. The second kappa shape index (κ2) is 7.12. The standard InChI is InChI=1S/C11H21NO2S/c1-3-15-10-6-4-5-9(10)12-11(13)7-8-14-2/h9-10H,3-8H2,1-2H3,(H,12,13). The van der Waals surface area contributed by atoms with E-state index in [1.807, 2.05) is 11.8 Å². The van der Waals surface area contributed by atoms with Gasteiger partial charge in [0.15, 0.2) is 0 Å². The number of rotatable bonds is 6. The van der Waals surface area contributed by atoms with Crippen LogP contribution in [-0.4, -0.2) is 36.7 Å². The SMILES string of the molecule is CCSC1CCCC1NC(=O)CCOC. The lowest BCUT2D eigenvalue weighted by Gasteiger charge is -2.19. The van der Waals surface area contributed by atoms with E-state index in [0.29, 0.717) is 24.3 Å². The first-order valence-corrected chi connectivity index (χ1v) is 6.72. The Bertz CT molecular complexity index is 199. The van der Waals surface area contributed by atoms with Crippen molar-refractivity contribution in [2.24, 2.45) is 0 Å². The molecule has 1 amide bonds. The summed E-state index contributed by atoms with van der Waals surface area (Å²) in [6.45, 7) is 2.69. The van der Waals surface area contributed by atoms with E-state index in [9.17, 15) is 4.79 Å². The zero-order valence-electron chi connectivity index (χ0n) is 9.62. The summed E-state index contributed by atoms with van der Waals surface area (Å²) in [5.41, 5.74) is 0. The van der Waals surface area contributed by atoms with Gasteiger partial charge in [0, 0.05) is 24.8 Å². The van der Waals surface area contributed by atoms with Crippen LogP contribution in [0.25, 0.3) is 0 Å². The van der Waals surface area contributed by atoms with Crippen molar-refractivity contribution in [1.82, 2.24) is 5.32 Å². The Morgan fingerprint density at radius 2 is 2.33 bits per heavy atom.